The number of nitrogens with zero attached hydrogens (tertiary/aromatic N) is 1. The molecule has 0 saturated carbocycles. The second kappa shape index (κ2) is 6.95. The molecular weight excluding hydrogens is 302 g/mol. The normalized spacial score (nSPS) is 11.5. The summed E-state index contributed by atoms with van der Waals surface area (Å²) in [4.78, 5) is 26.7. The molecule has 3 amide bonds. The number of carbonyl (C=O) groups excluding carboxylic acids is 2. The molecule has 0 aliphatic rings. The molecule has 0 radical (unpaired) electrons. The van der Waals surface area contributed by atoms with Gasteiger partial charge in [0.1, 0.15) is 10.4 Å². The van der Waals surface area contributed by atoms with E-state index < -0.39 is 18.0 Å². The van der Waals surface area contributed by atoms with E-state index in [9.17, 15) is 9.59 Å². The van der Waals surface area contributed by atoms with Crippen LogP contribution in [0.1, 0.15) is 13.8 Å². The lowest BCUT2D eigenvalue weighted by molar-refractivity contribution is -0.126. The Morgan fingerprint density at radius 2 is 2.22 bits per heavy atom. The number of nitrogens with one attached hydrogen (secondary N) is 2. The smallest absolute Gasteiger partial charge is 0.321 e. The van der Waals surface area contributed by atoms with Crippen molar-refractivity contribution in [2.45, 2.75) is 20.0 Å². The Hall–Kier alpha value is -1.63. The number of pyridine rings is 1. The van der Waals surface area contributed by atoms with Crippen molar-refractivity contribution in [2.24, 2.45) is 0 Å². The number of amides is 3. The highest BCUT2D eigenvalue weighted by atomic mass is 79.9. The fourth-order valence-electron chi connectivity index (χ4n) is 1.11. The van der Waals surface area contributed by atoms with Gasteiger partial charge in [-0.1, -0.05) is 0 Å². The van der Waals surface area contributed by atoms with E-state index in [2.05, 4.69) is 31.5 Å². The zero-order chi connectivity index (χ0) is 13.5. The van der Waals surface area contributed by atoms with Gasteiger partial charge in [0.2, 0.25) is 0 Å². The standard InChI is InChI=1S/C11H14BrN3O3/c1-3-13-11(17)15-10(16)7(2)18-8-4-5-9(12)14-6-8/h4-7H,3H2,1-2H3,(H2,13,15,16,17). The van der Waals surface area contributed by atoms with E-state index in [-0.39, 0.29) is 0 Å². The first-order valence-corrected chi connectivity index (χ1v) is 6.19. The molecule has 2 N–H and O–H groups in total. The molecule has 1 aromatic heterocycles. The summed E-state index contributed by atoms with van der Waals surface area (Å²) in [6.07, 6.45) is 0.704. The number of aromatic nitrogens is 1. The zero-order valence-electron chi connectivity index (χ0n) is 10.1. The van der Waals surface area contributed by atoms with Crippen LogP contribution in [-0.4, -0.2) is 29.6 Å². The number of ether oxygens (including phenoxy) is 1. The number of halogens is 1. The molecule has 1 heterocycles. The monoisotopic (exact) mass is 315 g/mol. The topological polar surface area (TPSA) is 80.3 Å². The maximum Gasteiger partial charge on any atom is 0.321 e. The third kappa shape index (κ3) is 4.70. The highest BCUT2D eigenvalue weighted by molar-refractivity contribution is 9.10. The van der Waals surface area contributed by atoms with Crippen LogP contribution in [-0.2, 0) is 4.79 Å². The van der Waals surface area contributed by atoms with E-state index in [1.807, 2.05) is 0 Å². The van der Waals surface area contributed by atoms with E-state index in [1.165, 1.54) is 6.20 Å². The summed E-state index contributed by atoms with van der Waals surface area (Å²) >= 11 is 3.19. The van der Waals surface area contributed by atoms with Gasteiger partial charge in [0.05, 0.1) is 6.20 Å². The Bertz CT molecular complexity index is 422. The van der Waals surface area contributed by atoms with Gasteiger partial charge in [0, 0.05) is 6.54 Å². The molecule has 1 rings (SSSR count). The molecule has 0 aromatic carbocycles. The van der Waals surface area contributed by atoms with Gasteiger partial charge in [-0.25, -0.2) is 9.78 Å². The summed E-state index contributed by atoms with van der Waals surface area (Å²) in [6, 6.07) is 2.84. The van der Waals surface area contributed by atoms with Crippen molar-refractivity contribution in [1.29, 1.82) is 0 Å². The van der Waals surface area contributed by atoms with Crippen molar-refractivity contribution in [2.75, 3.05) is 6.54 Å². The lowest BCUT2D eigenvalue weighted by Gasteiger charge is -2.13. The average molecular weight is 316 g/mol. The fraction of sp³-hybridized carbons (Fsp3) is 0.364. The summed E-state index contributed by atoms with van der Waals surface area (Å²) in [7, 11) is 0. The van der Waals surface area contributed by atoms with Gasteiger partial charge in [-0.15, -0.1) is 0 Å². The first-order valence-electron chi connectivity index (χ1n) is 5.39. The Morgan fingerprint density at radius 3 is 2.78 bits per heavy atom. The molecule has 0 aliphatic carbocycles. The van der Waals surface area contributed by atoms with E-state index in [0.717, 1.165) is 0 Å². The quantitative estimate of drug-likeness (QED) is 0.824. The van der Waals surface area contributed by atoms with Crippen LogP contribution >= 0.6 is 15.9 Å². The zero-order valence-corrected chi connectivity index (χ0v) is 11.7. The summed E-state index contributed by atoms with van der Waals surface area (Å²) < 4.78 is 6.01. The molecule has 0 aliphatic heterocycles. The lowest BCUT2D eigenvalue weighted by atomic mass is 10.3. The van der Waals surface area contributed by atoms with Crippen LogP contribution in [0, 0.1) is 0 Å². The van der Waals surface area contributed by atoms with Gasteiger partial charge >= 0.3 is 6.03 Å². The van der Waals surface area contributed by atoms with Crippen molar-refractivity contribution >= 4 is 27.9 Å². The van der Waals surface area contributed by atoms with E-state index >= 15 is 0 Å². The first kappa shape index (κ1) is 14.4. The largest absolute Gasteiger partial charge is 0.479 e. The molecule has 1 unspecified atom stereocenters. The summed E-state index contributed by atoms with van der Waals surface area (Å²) in [5, 5.41) is 4.63. The second-order valence-corrected chi connectivity index (χ2v) is 4.24. The number of carbonyl (C=O) groups is 2. The van der Waals surface area contributed by atoms with Crippen LogP contribution in [0.15, 0.2) is 22.9 Å². The molecule has 1 atom stereocenters. The molecule has 7 heteroatoms. The number of hydrogen-bond donors (Lipinski definition) is 2. The molecule has 0 fully saturated rings. The molecule has 18 heavy (non-hydrogen) atoms. The molecule has 0 spiro atoms. The molecule has 0 saturated heterocycles. The van der Waals surface area contributed by atoms with E-state index in [1.54, 1.807) is 26.0 Å². The Labute approximate surface area is 113 Å². The van der Waals surface area contributed by atoms with Crippen molar-refractivity contribution in [1.82, 2.24) is 15.6 Å². The maximum atomic E-state index is 11.6. The fourth-order valence-corrected chi connectivity index (χ4v) is 1.34. The second-order valence-electron chi connectivity index (χ2n) is 3.43. The SMILES string of the molecule is CCNC(=O)NC(=O)C(C)Oc1ccc(Br)nc1. The highest BCUT2D eigenvalue weighted by Crippen LogP contribution is 2.14. The average Bonchev–Trinajstić information content (AvgIpc) is 2.32. The summed E-state index contributed by atoms with van der Waals surface area (Å²) in [5.74, 6) is -0.0550. The van der Waals surface area contributed by atoms with E-state index in [0.29, 0.717) is 16.9 Å². The number of imide groups is 1. The minimum absolute atomic E-state index is 0.449. The van der Waals surface area contributed by atoms with Crippen LogP contribution in [0.2, 0.25) is 0 Å². The number of urea groups is 1. The summed E-state index contributed by atoms with van der Waals surface area (Å²) in [6.45, 7) is 3.76. The molecule has 6 nitrogen and oxygen atoms in total. The molecule has 0 bridgehead atoms. The van der Waals surface area contributed by atoms with Gasteiger partial charge in [0.25, 0.3) is 5.91 Å². The third-order valence-electron chi connectivity index (χ3n) is 1.96. The Kier molecular flexibility index (Phi) is 5.57. The van der Waals surface area contributed by atoms with Crippen molar-refractivity contribution < 1.29 is 14.3 Å². The van der Waals surface area contributed by atoms with Gasteiger partial charge in [-0.05, 0) is 41.9 Å². The van der Waals surface area contributed by atoms with Gasteiger partial charge in [-0.2, -0.15) is 0 Å². The Balaban J connectivity index is 2.49. The molecule has 1 aromatic rings. The predicted molar refractivity (Wildman–Crippen MR) is 69.2 cm³/mol. The van der Waals surface area contributed by atoms with Crippen molar-refractivity contribution in [3.63, 3.8) is 0 Å². The van der Waals surface area contributed by atoms with Crippen LogP contribution in [0.25, 0.3) is 0 Å². The first-order chi connectivity index (χ1) is 8.52. The van der Waals surface area contributed by atoms with Crippen LogP contribution < -0.4 is 15.4 Å². The maximum absolute atomic E-state index is 11.6. The van der Waals surface area contributed by atoms with Gasteiger partial charge in [-0.3, -0.25) is 10.1 Å². The Morgan fingerprint density at radius 1 is 1.50 bits per heavy atom. The minimum Gasteiger partial charge on any atom is -0.479 e. The van der Waals surface area contributed by atoms with Crippen molar-refractivity contribution in [3.05, 3.63) is 22.9 Å². The minimum atomic E-state index is -0.782. The van der Waals surface area contributed by atoms with Crippen LogP contribution in [0.4, 0.5) is 4.79 Å². The summed E-state index contributed by atoms with van der Waals surface area (Å²) in [5.41, 5.74) is 0. The van der Waals surface area contributed by atoms with Gasteiger partial charge < -0.3 is 10.1 Å². The van der Waals surface area contributed by atoms with Crippen molar-refractivity contribution in [3.8, 4) is 5.75 Å². The number of hydrogen-bond acceptors (Lipinski definition) is 4. The highest BCUT2D eigenvalue weighted by Gasteiger charge is 2.17. The molecule has 98 valence electrons. The number of rotatable bonds is 4. The van der Waals surface area contributed by atoms with Gasteiger partial charge in [0.15, 0.2) is 6.10 Å². The lowest BCUT2D eigenvalue weighted by Crippen LogP contribution is -2.45. The van der Waals surface area contributed by atoms with E-state index in [4.69, 9.17) is 4.74 Å². The van der Waals surface area contributed by atoms with Crippen LogP contribution in [0.3, 0.4) is 0 Å². The third-order valence-corrected chi connectivity index (χ3v) is 2.43. The van der Waals surface area contributed by atoms with Crippen LogP contribution in [0.5, 0.6) is 5.75 Å². The molecular formula is C11H14BrN3O3. The predicted octanol–water partition coefficient (Wildman–Crippen LogP) is 1.46.